The van der Waals surface area contributed by atoms with Gasteiger partial charge in [0.2, 0.25) is 0 Å². The van der Waals surface area contributed by atoms with Crippen LogP contribution >= 0.6 is 0 Å². The van der Waals surface area contributed by atoms with Crippen molar-refractivity contribution in [3.8, 4) is 0 Å². The first-order valence-electron chi connectivity index (χ1n) is 6.57. The van der Waals surface area contributed by atoms with Crippen molar-refractivity contribution in [1.82, 2.24) is 15.1 Å². The summed E-state index contributed by atoms with van der Waals surface area (Å²) in [5.41, 5.74) is -0.128. The van der Waals surface area contributed by atoms with Gasteiger partial charge in [-0.2, -0.15) is 5.10 Å². The summed E-state index contributed by atoms with van der Waals surface area (Å²) in [6.07, 6.45) is 3.68. The van der Waals surface area contributed by atoms with Gasteiger partial charge in [0.05, 0.1) is 17.8 Å². The molecular formula is C13H19N3O2. The van der Waals surface area contributed by atoms with Crippen LogP contribution in [0.3, 0.4) is 0 Å². The number of nitrogens with zero attached hydrogens (tertiary/aromatic N) is 2. The van der Waals surface area contributed by atoms with Crippen LogP contribution in [0.25, 0.3) is 0 Å². The molecule has 1 aromatic heterocycles. The highest BCUT2D eigenvalue weighted by Crippen LogP contribution is 2.34. The summed E-state index contributed by atoms with van der Waals surface area (Å²) in [6.45, 7) is 2.16. The number of rotatable bonds is 2. The lowest BCUT2D eigenvalue weighted by Gasteiger charge is -2.37. The molecule has 1 unspecified atom stereocenters. The SMILES string of the molecule is Cc1ccc(=O)n(CC2(O)C[C@H]3CC[C@@H](C2)N3)n1. The molecule has 2 bridgehead atoms. The van der Waals surface area contributed by atoms with Crippen molar-refractivity contribution in [2.45, 2.75) is 56.8 Å². The lowest BCUT2D eigenvalue weighted by molar-refractivity contribution is -0.0250. The third-order valence-electron chi connectivity index (χ3n) is 4.03. The van der Waals surface area contributed by atoms with Crippen molar-refractivity contribution in [1.29, 1.82) is 0 Å². The fraction of sp³-hybridized carbons (Fsp3) is 0.692. The Bertz CT molecular complexity index is 499. The van der Waals surface area contributed by atoms with Crippen molar-refractivity contribution in [3.05, 3.63) is 28.2 Å². The standard InChI is InChI=1S/C13H19N3O2/c1-9-2-5-12(17)16(15-9)8-13(18)6-10-3-4-11(7-13)14-10/h2,5,10-11,14,18H,3-4,6-8H2,1H3/t10-,11+,13?. The minimum atomic E-state index is -0.790. The van der Waals surface area contributed by atoms with Crippen LogP contribution in [-0.4, -0.2) is 32.6 Å². The van der Waals surface area contributed by atoms with Crippen molar-refractivity contribution in [2.24, 2.45) is 0 Å². The summed E-state index contributed by atoms with van der Waals surface area (Å²) >= 11 is 0. The Morgan fingerprint density at radius 3 is 2.78 bits per heavy atom. The Hall–Kier alpha value is -1.20. The topological polar surface area (TPSA) is 67.2 Å². The number of fused-ring (bicyclic) bond motifs is 2. The average Bonchev–Trinajstić information content (AvgIpc) is 2.64. The number of aliphatic hydroxyl groups is 1. The Balaban J connectivity index is 1.83. The molecule has 3 rings (SSSR count). The average molecular weight is 249 g/mol. The van der Waals surface area contributed by atoms with Crippen LogP contribution in [-0.2, 0) is 6.54 Å². The molecule has 0 radical (unpaired) electrons. The molecule has 0 saturated carbocycles. The molecule has 3 atom stereocenters. The molecule has 2 fully saturated rings. The fourth-order valence-corrected chi connectivity index (χ4v) is 3.30. The van der Waals surface area contributed by atoms with Gasteiger partial charge < -0.3 is 10.4 Å². The molecule has 2 aliphatic heterocycles. The zero-order valence-corrected chi connectivity index (χ0v) is 10.6. The largest absolute Gasteiger partial charge is 0.388 e. The Morgan fingerprint density at radius 2 is 2.11 bits per heavy atom. The highest BCUT2D eigenvalue weighted by molar-refractivity contribution is 5.02. The minimum absolute atomic E-state index is 0.139. The van der Waals surface area contributed by atoms with Gasteiger partial charge in [-0.25, -0.2) is 4.68 Å². The van der Waals surface area contributed by atoms with Crippen molar-refractivity contribution < 1.29 is 5.11 Å². The lowest BCUT2D eigenvalue weighted by Crippen LogP contribution is -2.51. The number of aryl methyl sites for hydroxylation is 1. The number of hydrogen-bond acceptors (Lipinski definition) is 4. The summed E-state index contributed by atoms with van der Waals surface area (Å²) < 4.78 is 1.40. The summed E-state index contributed by atoms with van der Waals surface area (Å²) in [4.78, 5) is 11.7. The molecule has 2 aliphatic rings. The molecular weight excluding hydrogens is 230 g/mol. The molecule has 0 aromatic carbocycles. The van der Waals surface area contributed by atoms with E-state index in [1.807, 2.05) is 6.92 Å². The van der Waals surface area contributed by atoms with Gasteiger partial charge >= 0.3 is 0 Å². The summed E-state index contributed by atoms with van der Waals surface area (Å²) in [6, 6.07) is 4.01. The van der Waals surface area contributed by atoms with Gasteiger partial charge in [-0.3, -0.25) is 4.79 Å². The lowest BCUT2D eigenvalue weighted by atomic mass is 9.87. The summed E-state index contributed by atoms with van der Waals surface area (Å²) in [5.74, 6) is 0. The van der Waals surface area contributed by atoms with Crippen LogP contribution in [0, 0.1) is 6.92 Å². The van der Waals surface area contributed by atoms with Gasteiger partial charge in [0, 0.05) is 18.2 Å². The quantitative estimate of drug-likeness (QED) is 0.785. The molecule has 5 heteroatoms. The number of nitrogens with one attached hydrogen (secondary N) is 1. The maximum absolute atomic E-state index is 11.7. The van der Waals surface area contributed by atoms with E-state index in [2.05, 4.69) is 10.4 Å². The fourth-order valence-electron chi connectivity index (χ4n) is 3.30. The molecule has 0 aliphatic carbocycles. The van der Waals surface area contributed by atoms with Gasteiger partial charge in [0.1, 0.15) is 0 Å². The third-order valence-corrected chi connectivity index (χ3v) is 4.03. The van der Waals surface area contributed by atoms with Crippen molar-refractivity contribution >= 4 is 0 Å². The zero-order chi connectivity index (χ0) is 12.8. The van der Waals surface area contributed by atoms with Crippen LogP contribution in [0.2, 0.25) is 0 Å². The Labute approximate surface area is 106 Å². The first-order valence-corrected chi connectivity index (χ1v) is 6.57. The molecule has 0 amide bonds. The van der Waals surface area contributed by atoms with Crippen LogP contribution in [0.5, 0.6) is 0 Å². The van der Waals surface area contributed by atoms with Crippen LogP contribution in [0.1, 0.15) is 31.4 Å². The van der Waals surface area contributed by atoms with E-state index < -0.39 is 5.60 Å². The van der Waals surface area contributed by atoms with E-state index in [9.17, 15) is 9.90 Å². The van der Waals surface area contributed by atoms with E-state index in [4.69, 9.17) is 0 Å². The number of hydrogen-bond donors (Lipinski definition) is 2. The van der Waals surface area contributed by atoms with E-state index in [1.54, 1.807) is 6.07 Å². The highest BCUT2D eigenvalue weighted by Gasteiger charge is 2.42. The molecule has 98 valence electrons. The first-order chi connectivity index (χ1) is 8.54. The zero-order valence-electron chi connectivity index (χ0n) is 10.6. The van der Waals surface area contributed by atoms with E-state index in [-0.39, 0.29) is 5.56 Å². The van der Waals surface area contributed by atoms with Crippen molar-refractivity contribution in [2.75, 3.05) is 0 Å². The number of piperidine rings is 1. The highest BCUT2D eigenvalue weighted by atomic mass is 16.3. The molecule has 5 nitrogen and oxygen atoms in total. The van der Waals surface area contributed by atoms with E-state index in [0.717, 1.165) is 18.5 Å². The first kappa shape index (κ1) is 11.9. The van der Waals surface area contributed by atoms with Crippen LogP contribution in [0.15, 0.2) is 16.9 Å². The van der Waals surface area contributed by atoms with E-state index in [1.165, 1.54) is 10.7 Å². The second-order valence-electron chi connectivity index (χ2n) is 5.74. The minimum Gasteiger partial charge on any atom is -0.388 e. The maximum Gasteiger partial charge on any atom is 0.266 e. The smallest absolute Gasteiger partial charge is 0.266 e. The summed E-state index contributed by atoms with van der Waals surface area (Å²) in [5, 5.41) is 18.4. The maximum atomic E-state index is 11.7. The number of aromatic nitrogens is 2. The Morgan fingerprint density at radius 1 is 1.44 bits per heavy atom. The van der Waals surface area contributed by atoms with Gasteiger partial charge in [-0.1, -0.05) is 0 Å². The predicted molar refractivity (Wildman–Crippen MR) is 67.4 cm³/mol. The summed E-state index contributed by atoms with van der Waals surface area (Å²) in [7, 11) is 0. The third kappa shape index (κ3) is 2.20. The Kier molecular flexibility index (Phi) is 2.75. The molecule has 2 N–H and O–H groups in total. The van der Waals surface area contributed by atoms with Crippen LogP contribution in [0.4, 0.5) is 0 Å². The molecule has 18 heavy (non-hydrogen) atoms. The monoisotopic (exact) mass is 249 g/mol. The van der Waals surface area contributed by atoms with E-state index in [0.29, 0.717) is 31.5 Å². The van der Waals surface area contributed by atoms with Gasteiger partial charge in [-0.15, -0.1) is 0 Å². The van der Waals surface area contributed by atoms with Crippen LogP contribution < -0.4 is 10.9 Å². The van der Waals surface area contributed by atoms with Gasteiger partial charge in [-0.05, 0) is 38.7 Å². The molecule has 1 aromatic rings. The van der Waals surface area contributed by atoms with Gasteiger partial charge in [0.25, 0.3) is 5.56 Å². The second-order valence-corrected chi connectivity index (χ2v) is 5.74. The van der Waals surface area contributed by atoms with E-state index >= 15 is 0 Å². The molecule has 3 heterocycles. The second kappa shape index (κ2) is 4.17. The molecule has 0 spiro atoms. The molecule has 2 saturated heterocycles. The van der Waals surface area contributed by atoms with Crippen molar-refractivity contribution in [3.63, 3.8) is 0 Å². The van der Waals surface area contributed by atoms with Gasteiger partial charge in [0.15, 0.2) is 0 Å². The predicted octanol–water partition coefficient (Wildman–Crippen LogP) is 0.197. The normalized spacial score (nSPS) is 34.8.